The molecule has 9 heteroatoms. The minimum Gasteiger partial charge on any atom is -0.325 e. The number of hydrogen-bond donors (Lipinski definition) is 0. The van der Waals surface area contributed by atoms with Gasteiger partial charge in [-0.2, -0.15) is 13.2 Å². The monoisotopic (exact) mass is 367 g/mol. The third kappa shape index (κ3) is 4.04. The molecule has 5 nitrogen and oxygen atoms in total. The number of nitrogens with zero attached hydrogens (tertiary/aromatic N) is 5. The Balaban J connectivity index is 1.76. The fraction of sp³-hybridized carbons (Fsp3) is 0.312. The van der Waals surface area contributed by atoms with Gasteiger partial charge in [0, 0.05) is 25.0 Å². The summed E-state index contributed by atoms with van der Waals surface area (Å²) < 4.78 is 40.7. The summed E-state index contributed by atoms with van der Waals surface area (Å²) in [5.74, 6) is 1.35. The van der Waals surface area contributed by atoms with E-state index in [1.807, 2.05) is 42.8 Å². The molecule has 0 saturated carbocycles. The third-order valence-corrected chi connectivity index (χ3v) is 4.72. The Morgan fingerprint density at radius 1 is 1.16 bits per heavy atom. The minimum atomic E-state index is -4.27. The van der Waals surface area contributed by atoms with Crippen molar-refractivity contribution in [2.75, 3.05) is 0 Å². The number of halogens is 3. The highest BCUT2D eigenvalue weighted by atomic mass is 32.2. The van der Waals surface area contributed by atoms with Crippen LogP contribution < -0.4 is 0 Å². The van der Waals surface area contributed by atoms with Gasteiger partial charge in [0.15, 0.2) is 11.0 Å². The summed E-state index contributed by atoms with van der Waals surface area (Å²) in [5, 5.41) is 8.99. The van der Waals surface area contributed by atoms with Crippen LogP contribution in [0.5, 0.6) is 0 Å². The number of aryl methyl sites for hydroxylation is 1. The van der Waals surface area contributed by atoms with Crippen molar-refractivity contribution in [2.24, 2.45) is 7.05 Å². The molecule has 0 bridgehead atoms. The molecule has 0 radical (unpaired) electrons. The van der Waals surface area contributed by atoms with Gasteiger partial charge in [0.2, 0.25) is 0 Å². The Labute approximate surface area is 146 Å². The number of thioether (sulfide) groups is 1. The number of rotatable bonds is 5. The average molecular weight is 367 g/mol. The van der Waals surface area contributed by atoms with Gasteiger partial charge in [-0.1, -0.05) is 36.0 Å². The topological polar surface area (TPSA) is 48.5 Å². The summed E-state index contributed by atoms with van der Waals surface area (Å²) in [5.41, 5.74) is 2.05. The van der Waals surface area contributed by atoms with Crippen molar-refractivity contribution < 1.29 is 13.2 Å². The van der Waals surface area contributed by atoms with Crippen molar-refractivity contribution in [3.8, 4) is 11.4 Å². The molecular formula is C16H16F3N5S. The fourth-order valence-corrected chi connectivity index (χ4v) is 3.32. The molecule has 2 heterocycles. The van der Waals surface area contributed by atoms with Crippen LogP contribution in [0.4, 0.5) is 13.2 Å². The molecular weight excluding hydrogens is 351 g/mol. The Morgan fingerprint density at radius 2 is 1.92 bits per heavy atom. The summed E-state index contributed by atoms with van der Waals surface area (Å²) in [7, 11) is 1.84. The van der Waals surface area contributed by atoms with E-state index in [0.717, 1.165) is 21.5 Å². The van der Waals surface area contributed by atoms with Crippen LogP contribution in [0.15, 0.2) is 41.8 Å². The standard InChI is InChI=1S/C16H16F3N5S/c1-11-5-3-4-6-12(11)14-21-22-15(23(14)2)25-9-13-20-7-8-24(13)10-16(17,18)19/h3-8H,9-10H2,1-2H3. The van der Waals surface area contributed by atoms with Gasteiger partial charge in [0.1, 0.15) is 12.4 Å². The summed E-state index contributed by atoms with van der Waals surface area (Å²) >= 11 is 1.30. The van der Waals surface area contributed by atoms with E-state index in [1.54, 1.807) is 0 Å². The second kappa shape index (κ2) is 6.91. The van der Waals surface area contributed by atoms with Crippen LogP contribution in [0.2, 0.25) is 0 Å². The molecule has 132 valence electrons. The molecule has 0 aliphatic carbocycles. The molecule has 0 amide bonds. The zero-order valence-corrected chi connectivity index (χ0v) is 14.5. The first-order valence-electron chi connectivity index (χ1n) is 7.50. The normalized spacial score (nSPS) is 11.9. The van der Waals surface area contributed by atoms with Crippen molar-refractivity contribution in [1.82, 2.24) is 24.3 Å². The maximum atomic E-state index is 12.6. The molecule has 1 aromatic carbocycles. The van der Waals surface area contributed by atoms with Gasteiger partial charge in [-0.25, -0.2) is 4.98 Å². The van der Waals surface area contributed by atoms with Crippen LogP contribution >= 0.6 is 11.8 Å². The number of aromatic nitrogens is 5. The van der Waals surface area contributed by atoms with Crippen molar-refractivity contribution in [3.63, 3.8) is 0 Å². The van der Waals surface area contributed by atoms with Crippen LogP contribution in [0.3, 0.4) is 0 Å². The summed E-state index contributed by atoms with van der Waals surface area (Å²) in [6.07, 6.45) is -1.57. The van der Waals surface area contributed by atoms with Crippen LogP contribution in [0.25, 0.3) is 11.4 Å². The maximum Gasteiger partial charge on any atom is 0.406 e. The molecule has 0 spiro atoms. The van der Waals surface area contributed by atoms with E-state index in [9.17, 15) is 13.2 Å². The average Bonchev–Trinajstić information content (AvgIpc) is 3.11. The van der Waals surface area contributed by atoms with Crippen LogP contribution in [0, 0.1) is 6.92 Å². The zero-order valence-electron chi connectivity index (χ0n) is 13.7. The van der Waals surface area contributed by atoms with Crippen molar-refractivity contribution in [2.45, 2.75) is 30.6 Å². The lowest BCUT2D eigenvalue weighted by atomic mass is 10.1. The molecule has 0 saturated heterocycles. The van der Waals surface area contributed by atoms with Gasteiger partial charge < -0.3 is 9.13 Å². The van der Waals surface area contributed by atoms with Gasteiger partial charge >= 0.3 is 6.18 Å². The Bertz CT molecular complexity index is 869. The lowest BCUT2D eigenvalue weighted by Crippen LogP contribution is -2.18. The first-order chi connectivity index (χ1) is 11.8. The molecule has 0 aliphatic rings. The molecule has 3 aromatic rings. The number of benzene rings is 1. The number of hydrogen-bond acceptors (Lipinski definition) is 4. The maximum absolute atomic E-state index is 12.6. The van der Waals surface area contributed by atoms with Gasteiger partial charge in [-0.05, 0) is 12.5 Å². The minimum absolute atomic E-state index is 0.281. The molecule has 0 N–H and O–H groups in total. The fourth-order valence-electron chi connectivity index (χ4n) is 2.45. The highest BCUT2D eigenvalue weighted by Gasteiger charge is 2.28. The smallest absolute Gasteiger partial charge is 0.325 e. The first kappa shape index (κ1) is 17.5. The second-order valence-electron chi connectivity index (χ2n) is 5.56. The zero-order chi connectivity index (χ0) is 18.0. The van der Waals surface area contributed by atoms with Crippen molar-refractivity contribution >= 4 is 11.8 Å². The molecule has 0 atom stereocenters. The Hall–Kier alpha value is -2.29. The van der Waals surface area contributed by atoms with E-state index < -0.39 is 12.7 Å². The van der Waals surface area contributed by atoms with E-state index in [4.69, 9.17) is 0 Å². The van der Waals surface area contributed by atoms with Gasteiger partial charge in [0.25, 0.3) is 0 Å². The molecule has 0 unspecified atom stereocenters. The van der Waals surface area contributed by atoms with Crippen LogP contribution in [-0.2, 0) is 19.3 Å². The Morgan fingerprint density at radius 3 is 2.64 bits per heavy atom. The Kier molecular flexibility index (Phi) is 4.85. The summed E-state index contributed by atoms with van der Waals surface area (Å²) in [4.78, 5) is 4.01. The second-order valence-corrected chi connectivity index (χ2v) is 6.50. The summed E-state index contributed by atoms with van der Waals surface area (Å²) in [6, 6.07) is 7.83. The highest BCUT2D eigenvalue weighted by molar-refractivity contribution is 7.98. The van der Waals surface area contributed by atoms with E-state index in [2.05, 4.69) is 15.2 Å². The van der Waals surface area contributed by atoms with Crippen LogP contribution in [-0.4, -0.2) is 30.5 Å². The summed E-state index contributed by atoms with van der Waals surface area (Å²) in [6.45, 7) is 0.945. The lowest BCUT2D eigenvalue weighted by Gasteiger charge is -2.10. The van der Waals surface area contributed by atoms with Crippen molar-refractivity contribution in [3.05, 3.63) is 48.0 Å². The lowest BCUT2D eigenvalue weighted by molar-refractivity contribution is -0.140. The predicted molar refractivity (Wildman–Crippen MR) is 89.0 cm³/mol. The highest BCUT2D eigenvalue weighted by Crippen LogP contribution is 2.27. The first-order valence-corrected chi connectivity index (χ1v) is 8.48. The molecule has 25 heavy (non-hydrogen) atoms. The predicted octanol–water partition coefficient (Wildman–Crippen LogP) is 3.84. The van der Waals surface area contributed by atoms with Gasteiger partial charge in [-0.15, -0.1) is 10.2 Å². The number of imidazole rings is 1. The quantitative estimate of drug-likeness (QED) is 0.643. The van der Waals surface area contributed by atoms with E-state index >= 15 is 0 Å². The van der Waals surface area contributed by atoms with Gasteiger partial charge in [0.05, 0.1) is 5.75 Å². The SMILES string of the molecule is Cc1ccccc1-c1nnc(SCc2nccn2CC(F)(F)F)n1C. The van der Waals surface area contributed by atoms with Gasteiger partial charge in [-0.3, -0.25) is 0 Å². The molecule has 3 rings (SSSR count). The number of alkyl halides is 3. The molecule has 2 aromatic heterocycles. The third-order valence-electron chi connectivity index (χ3n) is 3.70. The largest absolute Gasteiger partial charge is 0.406 e. The molecule has 0 aliphatic heterocycles. The van der Waals surface area contributed by atoms with Crippen LogP contribution in [0.1, 0.15) is 11.4 Å². The van der Waals surface area contributed by atoms with Crippen molar-refractivity contribution in [1.29, 1.82) is 0 Å². The van der Waals surface area contributed by atoms with E-state index in [1.165, 1.54) is 24.2 Å². The van der Waals surface area contributed by atoms with E-state index in [-0.39, 0.29) is 5.75 Å². The molecule has 0 fully saturated rings. The van der Waals surface area contributed by atoms with E-state index in [0.29, 0.717) is 11.0 Å².